The molecule has 1 heterocycles. The van der Waals surface area contributed by atoms with E-state index in [0.717, 1.165) is 30.0 Å². The number of piperazine rings is 1. The van der Waals surface area contributed by atoms with Gasteiger partial charge in [-0.15, -0.1) is 0 Å². The van der Waals surface area contributed by atoms with Gasteiger partial charge in [0.25, 0.3) is 5.91 Å². The molecule has 8 heteroatoms. The summed E-state index contributed by atoms with van der Waals surface area (Å²) in [6, 6.07) is 21.0. The molecule has 0 unspecified atom stereocenters. The average Bonchev–Trinajstić information content (AvgIpc) is 2.95. The van der Waals surface area contributed by atoms with E-state index in [2.05, 4.69) is 4.90 Å². The number of halogens is 1. The number of benzene rings is 3. The molecule has 3 aromatic rings. The molecule has 1 amide bonds. The Labute approximate surface area is 223 Å². The van der Waals surface area contributed by atoms with Gasteiger partial charge in [-0.05, 0) is 47.5 Å². The maximum absolute atomic E-state index is 13.2. The normalized spacial score (nSPS) is 14.8. The van der Waals surface area contributed by atoms with E-state index in [1.165, 1.54) is 0 Å². The highest BCUT2D eigenvalue weighted by atomic mass is 35.5. The summed E-state index contributed by atoms with van der Waals surface area (Å²) in [4.78, 5) is 17.4. The number of hydrogen-bond acceptors (Lipinski definition) is 6. The first-order chi connectivity index (χ1) is 18.0. The Bertz CT molecular complexity index is 1180. The lowest BCUT2D eigenvalue weighted by Gasteiger charge is -2.36. The number of rotatable bonds is 10. The standard InChI is InChI=1S/C29H33ClN2O5/c1-34-24-6-4-5-21(17-24)20-37-28(22-7-9-23(30)10-8-22)19-31-13-15-32(16-14-31)29(33)26-12-11-25(35-2)18-27(26)36-3/h4-12,17-18,28H,13-16,19-20H2,1-3H3/t28-/m0/s1. The molecule has 37 heavy (non-hydrogen) atoms. The van der Waals surface area contributed by atoms with E-state index in [9.17, 15) is 4.79 Å². The molecule has 1 fully saturated rings. The van der Waals surface area contributed by atoms with Crippen molar-refractivity contribution in [1.29, 1.82) is 0 Å². The second-order valence-corrected chi connectivity index (χ2v) is 9.30. The summed E-state index contributed by atoms with van der Waals surface area (Å²) in [5.41, 5.74) is 2.65. The average molecular weight is 525 g/mol. The van der Waals surface area contributed by atoms with Crippen LogP contribution >= 0.6 is 11.6 Å². The molecule has 196 valence electrons. The van der Waals surface area contributed by atoms with Gasteiger partial charge in [-0.25, -0.2) is 0 Å². The van der Waals surface area contributed by atoms with Gasteiger partial charge in [-0.1, -0.05) is 35.9 Å². The Balaban J connectivity index is 1.40. The largest absolute Gasteiger partial charge is 0.497 e. The number of methoxy groups -OCH3 is 3. The summed E-state index contributed by atoms with van der Waals surface area (Å²) in [5.74, 6) is 1.93. The highest BCUT2D eigenvalue weighted by Gasteiger charge is 2.26. The van der Waals surface area contributed by atoms with Crippen LogP contribution in [0.1, 0.15) is 27.6 Å². The Morgan fingerprint density at radius 3 is 2.24 bits per heavy atom. The van der Waals surface area contributed by atoms with E-state index in [4.69, 9.17) is 30.5 Å². The van der Waals surface area contributed by atoms with Gasteiger partial charge in [0, 0.05) is 43.8 Å². The molecule has 7 nitrogen and oxygen atoms in total. The number of carbonyl (C=O) groups is 1. The minimum absolute atomic E-state index is 0.0392. The van der Waals surface area contributed by atoms with Crippen LogP contribution in [-0.4, -0.2) is 69.8 Å². The van der Waals surface area contributed by atoms with Crippen LogP contribution < -0.4 is 14.2 Å². The summed E-state index contributed by atoms with van der Waals surface area (Å²) in [6.07, 6.45) is -0.146. The van der Waals surface area contributed by atoms with Crippen molar-refractivity contribution < 1.29 is 23.7 Å². The summed E-state index contributed by atoms with van der Waals surface area (Å²) < 4.78 is 22.4. The molecule has 1 aliphatic heterocycles. The zero-order chi connectivity index (χ0) is 26.2. The predicted octanol–water partition coefficient (Wildman–Crippen LogP) is 5.08. The molecular formula is C29H33ClN2O5. The highest BCUT2D eigenvalue weighted by Crippen LogP contribution is 2.27. The van der Waals surface area contributed by atoms with Crippen molar-refractivity contribution in [3.63, 3.8) is 0 Å². The minimum Gasteiger partial charge on any atom is -0.497 e. The molecule has 1 atom stereocenters. The molecule has 1 aliphatic rings. The summed E-state index contributed by atoms with van der Waals surface area (Å²) in [7, 11) is 4.81. The zero-order valence-electron chi connectivity index (χ0n) is 21.5. The first kappa shape index (κ1) is 26.8. The quantitative estimate of drug-likeness (QED) is 0.368. The number of ether oxygens (including phenoxy) is 4. The number of amides is 1. The Morgan fingerprint density at radius 2 is 1.57 bits per heavy atom. The smallest absolute Gasteiger partial charge is 0.257 e. The molecule has 3 aromatic carbocycles. The first-order valence-electron chi connectivity index (χ1n) is 12.2. The molecule has 0 bridgehead atoms. The molecule has 4 rings (SSSR count). The van der Waals surface area contributed by atoms with Gasteiger partial charge >= 0.3 is 0 Å². The number of carbonyl (C=O) groups excluding carboxylic acids is 1. The van der Waals surface area contributed by atoms with Crippen LogP contribution in [0.3, 0.4) is 0 Å². The third-order valence-electron chi connectivity index (χ3n) is 6.55. The van der Waals surface area contributed by atoms with E-state index >= 15 is 0 Å². The van der Waals surface area contributed by atoms with Gasteiger partial charge in [0.15, 0.2) is 0 Å². The SMILES string of the molecule is COc1cccc(CO[C@@H](CN2CCN(C(=O)c3ccc(OC)cc3OC)CC2)c2ccc(Cl)cc2)c1. The monoisotopic (exact) mass is 524 g/mol. The third kappa shape index (κ3) is 6.95. The van der Waals surface area contributed by atoms with Gasteiger partial charge < -0.3 is 23.8 Å². The second kappa shape index (κ2) is 12.8. The van der Waals surface area contributed by atoms with Crippen molar-refractivity contribution in [2.75, 3.05) is 54.1 Å². The lowest BCUT2D eigenvalue weighted by molar-refractivity contribution is 0.00335. The van der Waals surface area contributed by atoms with Gasteiger partial charge in [-0.2, -0.15) is 0 Å². The van der Waals surface area contributed by atoms with Crippen LogP contribution in [0.25, 0.3) is 0 Å². The van der Waals surface area contributed by atoms with Crippen molar-refractivity contribution >= 4 is 17.5 Å². The fourth-order valence-electron chi connectivity index (χ4n) is 4.40. The van der Waals surface area contributed by atoms with Crippen molar-refractivity contribution in [2.45, 2.75) is 12.7 Å². The van der Waals surface area contributed by atoms with E-state index in [1.54, 1.807) is 39.5 Å². The van der Waals surface area contributed by atoms with Crippen LogP contribution in [0.5, 0.6) is 17.2 Å². The molecule has 0 aromatic heterocycles. The van der Waals surface area contributed by atoms with Crippen molar-refractivity contribution in [2.24, 2.45) is 0 Å². The van der Waals surface area contributed by atoms with Gasteiger partial charge in [-0.3, -0.25) is 9.69 Å². The van der Waals surface area contributed by atoms with Crippen LogP contribution in [-0.2, 0) is 11.3 Å². The Kier molecular flexibility index (Phi) is 9.28. The van der Waals surface area contributed by atoms with Crippen LogP contribution in [0.4, 0.5) is 0 Å². The lowest BCUT2D eigenvalue weighted by atomic mass is 10.1. The van der Waals surface area contributed by atoms with Crippen LogP contribution in [0.2, 0.25) is 5.02 Å². The molecule has 0 aliphatic carbocycles. The van der Waals surface area contributed by atoms with Gasteiger partial charge in [0.05, 0.1) is 39.6 Å². The fourth-order valence-corrected chi connectivity index (χ4v) is 4.53. The summed E-state index contributed by atoms with van der Waals surface area (Å²) >= 11 is 6.13. The lowest BCUT2D eigenvalue weighted by Crippen LogP contribution is -2.49. The number of hydrogen-bond donors (Lipinski definition) is 0. The topological polar surface area (TPSA) is 60.5 Å². The fraction of sp³-hybridized carbons (Fsp3) is 0.345. The predicted molar refractivity (Wildman–Crippen MR) is 144 cm³/mol. The number of nitrogens with zero attached hydrogens (tertiary/aromatic N) is 2. The Hall–Kier alpha value is -3.26. The summed E-state index contributed by atoms with van der Waals surface area (Å²) in [5, 5.41) is 0.691. The molecule has 0 saturated carbocycles. The maximum atomic E-state index is 13.2. The molecule has 0 spiro atoms. The maximum Gasteiger partial charge on any atom is 0.257 e. The highest BCUT2D eigenvalue weighted by molar-refractivity contribution is 6.30. The molecular weight excluding hydrogens is 492 g/mol. The van der Waals surface area contributed by atoms with E-state index in [1.807, 2.05) is 53.4 Å². The third-order valence-corrected chi connectivity index (χ3v) is 6.80. The van der Waals surface area contributed by atoms with Crippen molar-refractivity contribution in [1.82, 2.24) is 9.80 Å². The Morgan fingerprint density at radius 1 is 0.865 bits per heavy atom. The second-order valence-electron chi connectivity index (χ2n) is 8.86. The summed E-state index contributed by atoms with van der Waals surface area (Å²) in [6.45, 7) is 3.90. The van der Waals surface area contributed by atoms with Crippen molar-refractivity contribution in [3.05, 3.63) is 88.4 Å². The van der Waals surface area contributed by atoms with E-state index in [-0.39, 0.29) is 12.0 Å². The van der Waals surface area contributed by atoms with E-state index in [0.29, 0.717) is 48.3 Å². The van der Waals surface area contributed by atoms with Crippen molar-refractivity contribution in [3.8, 4) is 17.2 Å². The zero-order valence-corrected chi connectivity index (χ0v) is 22.2. The van der Waals surface area contributed by atoms with E-state index < -0.39 is 0 Å². The molecule has 0 N–H and O–H groups in total. The molecule has 0 radical (unpaired) electrons. The first-order valence-corrected chi connectivity index (χ1v) is 12.6. The molecule has 1 saturated heterocycles. The van der Waals surface area contributed by atoms with Gasteiger partial charge in [0.2, 0.25) is 0 Å². The van der Waals surface area contributed by atoms with Crippen LogP contribution in [0.15, 0.2) is 66.7 Å². The minimum atomic E-state index is -0.146. The van der Waals surface area contributed by atoms with Crippen LogP contribution in [0, 0.1) is 0 Å². The van der Waals surface area contributed by atoms with Gasteiger partial charge in [0.1, 0.15) is 17.2 Å².